The van der Waals surface area contributed by atoms with Gasteiger partial charge in [-0.1, -0.05) is 57.0 Å². The summed E-state index contributed by atoms with van der Waals surface area (Å²) < 4.78 is 6.01. The summed E-state index contributed by atoms with van der Waals surface area (Å²) in [5.74, 6) is 0.615. The van der Waals surface area contributed by atoms with Crippen LogP contribution in [0, 0.1) is 0 Å². The highest BCUT2D eigenvalue weighted by molar-refractivity contribution is 5.82. The van der Waals surface area contributed by atoms with E-state index in [1.807, 2.05) is 42.5 Å². The zero-order chi connectivity index (χ0) is 18.4. The van der Waals surface area contributed by atoms with Crippen molar-refractivity contribution in [2.75, 3.05) is 18.0 Å². The lowest BCUT2D eigenvalue weighted by Gasteiger charge is -2.25. The molecule has 0 unspecified atom stereocenters. The molecule has 3 aromatic rings. The maximum absolute atomic E-state index is 12.7. The Morgan fingerprint density at radius 1 is 0.885 bits per heavy atom. The number of nitrogens with zero attached hydrogens (tertiary/aromatic N) is 1. The summed E-state index contributed by atoms with van der Waals surface area (Å²) in [6.07, 6.45) is 4.64. The molecule has 0 spiro atoms. The van der Waals surface area contributed by atoms with E-state index in [4.69, 9.17) is 4.42 Å². The van der Waals surface area contributed by atoms with Crippen molar-refractivity contribution in [1.29, 1.82) is 0 Å². The number of anilines is 1. The Morgan fingerprint density at radius 3 is 2.23 bits per heavy atom. The second kappa shape index (κ2) is 8.70. The molecule has 0 amide bonds. The number of hydrogen-bond donors (Lipinski definition) is 0. The van der Waals surface area contributed by atoms with Crippen LogP contribution in [-0.2, 0) is 0 Å². The highest BCUT2D eigenvalue weighted by atomic mass is 16.3. The summed E-state index contributed by atoms with van der Waals surface area (Å²) in [7, 11) is 0. The normalized spacial score (nSPS) is 11.0. The van der Waals surface area contributed by atoms with Gasteiger partial charge >= 0.3 is 0 Å². The third kappa shape index (κ3) is 4.16. The van der Waals surface area contributed by atoms with Crippen LogP contribution in [0.2, 0.25) is 0 Å². The average Bonchev–Trinajstić information content (AvgIpc) is 2.68. The second-order valence-corrected chi connectivity index (χ2v) is 6.72. The molecule has 0 bridgehead atoms. The van der Waals surface area contributed by atoms with Gasteiger partial charge in [0, 0.05) is 30.4 Å². The van der Waals surface area contributed by atoms with Gasteiger partial charge in [0.15, 0.2) is 5.43 Å². The molecule has 0 aliphatic rings. The molecular formula is C23H27NO2. The molecule has 136 valence electrons. The minimum atomic E-state index is 0.0119. The molecular weight excluding hydrogens is 322 g/mol. The van der Waals surface area contributed by atoms with Crippen LogP contribution in [0.3, 0.4) is 0 Å². The van der Waals surface area contributed by atoms with Gasteiger partial charge in [-0.25, -0.2) is 0 Å². The van der Waals surface area contributed by atoms with E-state index in [9.17, 15) is 4.79 Å². The average molecular weight is 349 g/mol. The number of benzene rings is 2. The fourth-order valence-corrected chi connectivity index (χ4v) is 3.15. The first-order valence-electron chi connectivity index (χ1n) is 9.61. The molecule has 0 saturated heterocycles. The van der Waals surface area contributed by atoms with Gasteiger partial charge in [-0.05, 0) is 31.0 Å². The summed E-state index contributed by atoms with van der Waals surface area (Å²) in [6.45, 7) is 6.46. The van der Waals surface area contributed by atoms with Gasteiger partial charge in [-0.15, -0.1) is 0 Å². The first-order valence-corrected chi connectivity index (χ1v) is 9.61. The largest absolute Gasteiger partial charge is 0.456 e. The number of unbranched alkanes of at least 4 members (excludes halogenated alkanes) is 2. The van der Waals surface area contributed by atoms with E-state index in [1.165, 1.54) is 12.8 Å². The molecule has 2 aromatic carbocycles. The van der Waals surface area contributed by atoms with Crippen molar-refractivity contribution < 1.29 is 4.42 Å². The Hall–Kier alpha value is -2.55. The first-order chi connectivity index (χ1) is 12.7. The quantitative estimate of drug-likeness (QED) is 0.510. The van der Waals surface area contributed by atoms with Crippen molar-refractivity contribution in [3.63, 3.8) is 0 Å². The zero-order valence-electron chi connectivity index (χ0n) is 15.7. The fourth-order valence-electron chi connectivity index (χ4n) is 3.15. The van der Waals surface area contributed by atoms with Crippen molar-refractivity contribution in [3.05, 3.63) is 64.8 Å². The standard InChI is InChI=1S/C23H27NO2/c1-3-5-14-24(15-6-4-2)19-12-13-22-20(16-19)21(25)17-23(26-22)18-10-8-7-9-11-18/h7-13,16-17H,3-6,14-15H2,1-2H3. The van der Waals surface area contributed by atoms with Gasteiger partial charge in [-0.2, -0.15) is 0 Å². The number of rotatable bonds is 8. The maximum atomic E-state index is 12.7. The van der Waals surface area contributed by atoms with E-state index in [1.54, 1.807) is 6.07 Å². The van der Waals surface area contributed by atoms with Crippen LogP contribution in [0.1, 0.15) is 39.5 Å². The SMILES string of the molecule is CCCCN(CCCC)c1ccc2oc(-c3ccccc3)cc(=O)c2c1. The molecule has 1 aromatic heterocycles. The third-order valence-electron chi connectivity index (χ3n) is 4.70. The van der Waals surface area contributed by atoms with E-state index < -0.39 is 0 Å². The fraction of sp³-hybridized carbons (Fsp3) is 0.348. The zero-order valence-corrected chi connectivity index (χ0v) is 15.7. The van der Waals surface area contributed by atoms with Crippen molar-refractivity contribution in [2.24, 2.45) is 0 Å². The van der Waals surface area contributed by atoms with Crippen LogP contribution in [0.5, 0.6) is 0 Å². The van der Waals surface area contributed by atoms with Gasteiger partial charge in [0.2, 0.25) is 0 Å². The highest BCUT2D eigenvalue weighted by Gasteiger charge is 2.11. The first kappa shape index (κ1) is 18.2. The van der Waals surface area contributed by atoms with Crippen LogP contribution in [0.15, 0.2) is 63.8 Å². The van der Waals surface area contributed by atoms with Crippen molar-refractivity contribution in [2.45, 2.75) is 39.5 Å². The molecule has 0 atom stereocenters. The summed E-state index contributed by atoms with van der Waals surface area (Å²) >= 11 is 0. The topological polar surface area (TPSA) is 33.5 Å². The van der Waals surface area contributed by atoms with E-state index >= 15 is 0 Å². The Balaban J connectivity index is 1.97. The second-order valence-electron chi connectivity index (χ2n) is 6.72. The van der Waals surface area contributed by atoms with Crippen molar-refractivity contribution in [3.8, 4) is 11.3 Å². The van der Waals surface area contributed by atoms with Gasteiger partial charge in [-0.3, -0.25) is 4.79 Å². The predicted molar refractivity (Wildman–Crippen MR) is 110 cm³/mol. The summed E-state index contributed by atoms with van der Waals surface area (Å²) in [6, 6.07) is 17.4. The molecule has 0 fully saturated rings. The Kier molecular flexibility index (Phi) is 6.11. The van der Waals surface area contributed by atoms with E-state index in [-0.39, 0.29) is 5.43 Å². The summed E-state index contributed by atoms with van der Waals surface area (Å²) in [5, 5.41) is 0.653. The van der Waals surface area contributed by atoms with Crippen molar-refractivity contribution in [1.82, 2.24) is 0 Å². The van der Waals surface area contributed by atoms with E-state index in [0.29, 0.717) is 16.7 Å². The van der Waals surface area contributed by atoms with Crippen LogP contribution in [0.4, 0.5) is 5.69 Å². The van der Waals surface area contributed by atoms with Crippen LogP contribution in [-0.4, -0.2) is 13.1 Å². The molecule has 0 aliphatic heterocycles. The predicted octanol–water partition coefficient (Wildman–Crippen LogP) is 5.87. The molecule has 0 aliphatic carbocycles. The van der Waals surface area contributed by atoms with E-state index in [0.717, 1.165) is 37.2 Å². The van der Waals surface area contributed by atoms with Gasteiger partial charge < -0.3 is 9.32 Å². The van der Waals surface area contributed by atoms with Crippen LogP contribution < -0.4 is 10.3 Å². The molecule has 3 nitrogen and oxygen atoms in total. The van der Waals surface area contributed by atoms with Gasteiger partial charge in [0.05, 0.1) is 5.39 Å². The lowest BCUT2D eigenvalue weighted by Crippen LogP contribution is -2.25. The van der Waals surface area contributed by atoms with Crippen LogP contribution >= 0.6 is 0 Å². The Labute approximate surface area is 155 Å². The molecule has 0 radical (unpaired) electrons. The molecule has 0 N–H and O–H groups in total. The van der Waals surface area contributed by atoms with Gasteiger partial charge in [0.25, 0.3) is 0 Å². The molecule has 1 heterocycles. The Bertz CT molecular complexity index is 891. The van der Waals surface area contributed by atoms with E-state index in [2.05, 4.69) is 24.8 Å². The number of fused-ring (bicyclic) bond motifs is 1. The monoisotopic (exact) mass is 349 g/mol. The lowest BCUT2D eigenvalue weighted by molar-refractivity contribution is 0.618. The molecule has 0 saturated carbocycles. The summed E-state index contributed by atoms with van der Waals surface area (Å²) in [4.78, 5) is 15.1. The third-order valence-corrected chi connectivity index (χ3v) is 4.70. The number of hydrogen-bond acceptors (Lipinski definition) is 3. The lowest BCUT2D eigenvalue weighted by atomic mass is 10.1. The van der Waals surface area contributed by atoms with Crippen molar-refractivity contribution >= 4 is 16.7 Å². The minimum absolute atomic E-state index is 0.0119. The highest BCUT2D eigenvalue weighted by Crippen LogP contribution is 2.25. The van der Waals surface area contributed by atoms with Crippen LogP contribution in [0.25, 0.3) is 22.3 Å². The minimum Gasteiger partial charge on any atom is -0.456 e. The smallest absolute Gasteiger partial charge is 0.193 e. The molecule has 3 rings (SSSR count). The molecule has 3 heteroatoms. The summed E-state index contributed by atoms with van der Waals surface area (Å²) in [5.41, 5.74) is 2.69. The molecule has 26 heavy (non-hydrogen) atoms. The van der Waals surface area contributed by atoms with Gasteiger partial charge in [0.1, 0.15) is 11.3 Å². The maximum Gasteiger partial charge on any atom is 0.193 e. The Morgan fingerprint density at radius 2 is 1.58 bits per heavy atom.